The highest BCUT2D eigenvalue weighted by molar-refractivity contribution is 5.65. The summed E-state index contributed by atoms with van der Waals surface area (Å²) in [5.41, 5.74) is 0.974. The van der Waals surface area contributed by atoms with Gasteiger partial charge >= 0.3 is 6.09 Å². The summed E-state index contributed by atoms with van der Waals surface area (Å²) in [7, 11) is 1.87. The molecule has 1 amide bonds. The average molecular weight is 213 g/mol. The van der Waals surface area contributed by atoms with Crippen LogP contribution >= 0.6 is 0 Å². The highest BCUT2D eigenvalue weighted by Crippen LogP contribution is 2.18. The summed E-state index contributed by atoms with van der Waals surface area (Å²) in [6.07, 6.45) is 0.0459. The van der Waals surface area contributed by atoms with E-state index in [2.05, 4.69) is 16.8 Å². The molecule has 0 radical (unpaired) electrons. The van der Waals surface area contributed by atoms with Crippen molar-refractivity contribution in [2.24, 2.45) is 0 Å². The van der Waals surface area contributed by atoms with Crippen molar-refractivity contribution in [2.45, 2.75) is 19.4 Å². The topological polar surface area (TPSA) is 55.8 Å². The fourth-order valence-corrected chi connectivity index (χ4v) is 1.92. The van der Waals surface area contributed by atoms with Crippen molar-refractivity contribution in [1.29, 1.82) is 0 Å². The van der Waals surface area contributed by atoms with E-state index < -0.39 is 6.09 Å². The zero-order valence-corrected chi connectivity index (χ0v) is 9.36. The van der Waals surface area contributed by atoms with E-state index in [1.54, 1.807) is 0 Å². The first-order valence-electron chi connectivity index (χ1n) is 5.11. The highest BCUT2D eigenvalue weighted by Gasteiger charge is 2.29. The average Bonchev–Trinajstić information content (AvgIpc) is 2.62. The van der Waals surface area contributed by atoms with E-state index in [-0.39, 0.29) is 6.04 Å². The first-order chi connectivity index (χ1) is 7.06. The maximum atomic E-state index is 10.8. The zero-order valence-electron chi connectivity index (χ0n) is 9.36. The highest BCUT2D eigenvalue weighted by atomic mass is 16.4. The Bertz CT molecular complexity index is 255. The Labute approximate surface area is 90.4 Å². The number of allylic oxidation sites excluding steroid dienone is 1. The van der Waals surface area contributed by atoms with Crippen LogP contribution in [0.1, 0.15) is 13.3 Å². The van der Waals surface area contributed by atoms with Gasteiger partial charge in [-0.2, -0.15) is 0 Å². The second-order valence-electron chi connectivity index (χ2n) is 3.89. The minimum absolute atomic E-state index is 0.256. The largest absolute Gasteiger partial charge is 0.465 e. The number of amides is 1. The van der Waals surface area contributed by atoms with Crippen LogP contribution in [0.3, 0.4) is 0 Å². The predicted molar refractivity (Wildman–Crippen MR) is 58.6 cm³/mol. The number of hydrogen-bond acceptors (Lipinski definition) is 3. The van der Waals surface area contributed by atoms with Crippen molar-refractivity contribution in [2.75, 3.05) is 26.8 Å². The summed E-state index contributed by atoms with van der Waals surface area (Å²) < 4.78 is 0. The van der Waals surface area contributed by atoms with E-state index in [0.717, 1.165) is 12.1 Å². The lowest BCUT2D eigenvalue weighted by Gasteiger charge is -2.30. The molecule has 1 atom stereocenters. The number of rotatable bonds is 4. The molecule has 1 unspecified atom stereocenters. The molecule has 0 aromatic carbocycles. The summed E-state index contributed by atoms with van der Waals surface area (Å²) in [4.78, 5) is 14.3. The van der Waals surface area contributed by atoms with Crippen molar-refractivity contribution >= 4 is 6.09 Å². The molecule has 0 spiro atoms. The molecule has 1 aliphatic rings. The van der Waals surface area contributed by atoms with Gasteiger partial charge in [-0.15, -0.1) is 0 Å². The SMILES string of the molecule is C=C(C)N(CNC)C1CCN(C(=O)O)C1. The van der Waals surface area contributed by atoms with Crippen molar-refractivity contribution in [1.82, 2.24) is 15.1 Å². The van der Waals surface area contributed by atoms with Gasteiger partial charge in [0, 0.05) is 24.8 Å². The Hall–Kier alpha value is -1.23. The third-order valence-electron chi connectivity index (χ3n) is 2.69. The molecule has 15 heavy (non-hydrogen) atoms. The molecular formula is C10H19N3O2. The van der Waals surface area contributed by atoms with Gasteiger partial charge in [-0.05, 0) is 20.4 Å². The molecular weight excluding hydrogens is 194 g/mol. The standard InChI is InChI=1S/C10H19N3O2/c1-8(2)13(7-11-3)9-4-5-12(6-9)10(14)15/h9,11H,1,4-7H2,2-3H3,(H,14,15). The third kappa shape index (κ3) is 2.86. The van der Waals surface area contributed by atoms with E-state index in [4.69, 9.17) is 5.11 Å². The number of carboxylic acid groups (broad SMARTS) is 1. The van der Waals surface area contributed by atoms with E-state index in [0.29, 0.717) is 19.8 Å². The third-order valence-corrected chi connectivity index (χ3v) is 2.69. The molecule has 0 aromatic rings. The molecule has 1 fully saturated rings. The number of hydrogen-bond donors (Lipinski definition) is 2. The lowest BCUT2D eigenvalue weighted by Crippen LogP contribution is -2.41. The Kier molecular flexibility index (Phi) is 3.96. The van der Waals surface area contributed by atoms with Crippen LogP contribution in [0.25, 0.3) is 0 Å². The quantitative estimate of drug-likeness (QED) is 0.677. The Morgan fingerprint density at radius 3 is 2.80 bits per heavy atom. The molecule has 0 aliphatic carbocycles. The van der Waals surface area contributed by atoms with Gasteiger partial charge < -0.3 is 20.2 Å². The van der Waals surface area contributed by atoms with Crippen molar-refractivity contribution in [3.63, 3.8) is 0 Å². The zero-order chi connectivity index (χ0) is 11.4. The minimum Gasteiger partial charge on any atom is -0.465 e. The Balaban J connectivity index is 2.56. The summed E-state index contributed by atoms with van der Waals surface area (Å²) in [5.74, 6) is 0. The van der Waals surface area contributed by atoms with E-state index >= 15 is 0 Å². The van der Waals surface area contributed by atoms with Gasteiger partial charge in [0.15, 0.2) is 0 Å². The summed E-state index contributed by atoms with van der Waals surface area (Å²) >= 11 is 0. The molecule has 0 aromatic heterocycles. The molecule has 1 heterocycles. The van der Waals surface area contributed by atoms with Crippen molar-refractivity contribution in [3.05, 3.63) is 12.3 Å². The predicted octanol–water partition coefficient (Wildman–Crippen LogP) is 0.751. The van der Waals surface area contributed by atoms with Gasteiger partial charge in [-0.3, -0.25) is 0 Å². The van der Waals surface area contributed by atoms with Crippen LogP contribution in [0.2, 0.25) is 0 Å². The molecule has 5 heteroatoms. The molecule has 1 saturated heterocycles. The van der Waals surface area contributed by atoms with Crippen LogP contribution < -0.4 is 5.32 Å². The molecule has 1 rings (SSSR count). The van der Waals surface area contributed by atoms with Gasteiger partial charge in [0.05, 0.1) is 6.67 Å². The van der Waals surface area contributed by atoms with Crippen LogP contribution in [0, 0.1) is 0 Å². The molecule has 0 saturated carbocycles. The summed E-state index contributed by atoms with van der Waals surface area (Å²) in [6.45, 7) is 7.76. The van der Waals surface area contributed by atoms with Gasteiger partial charge in [0.2, 0.25) is 0 Å². The normalized spacial score (nSPS) is 20.4. The second kappa shape index (κ2) is 5.02. The van der Waals surface area contributed by atoms with Crippen molar-refractivity contribution < 1.29 is 9.90 Å². The van der Waals surface area contributed by atoms with Gasteiger partial charge in [0.25, 0.3) is 0 Å². The van der Waals surface area contributed by atoms with Gasteiger partial charge in [-0.25, -0.2) is 4.79 Å². The van der Waals surface area contributed by atoms with E-state index in [1.807, 2.05) is 14.0 Å². The second-order valence-corrected chi connectivity index (χ2v) is 3.89. The van der Waals surface area contributed by atoms with Gasteiger partial charge in [0.1, 0.15) is 0 Å². The number of likely N-dealkylation sites (tertiary alicyclic amines) is 1. The lowest BCUT2D eigenvalue weighted by molar-refractivity contribution is 0.150. The summed E-state index contributed by atoms with van der Waals surface area (Å²) in [6, 6.07) is 0.256. The monoisotopic (exact) mass is 213 g/mol. The maximum Gasteiger partial charge on any atom is 0.407 e. The smallest absolute Gasteiger partial charge is 0.407 e. The number of nitrogens with zero attached hydrogens (tertiary/aromatic N) is 2. The van der Waals surface area contributed by atoms with Crippen molar-refractivity contribution in [3.8, 4) is 0 Å². The summed E-state index contributed by atoms with van der Waals surface area (Å²) in [5, 5.41) is 11.9. The fraction of sp³-hybridized carbons (Fsp3) is 0.700. The van der Waals surface area contributed by atoms with Gasteiger partial charge in [-0.1, -0.05) is 6.58 Å². The molecule has 86 valence electrons. The molecule has 1 aliphatic heterocycles. The van der Waals surface area contributed by atoms with Crippen LogP contribution in [-0.2, 0) is 0 Å². The van der Waals surface area contributed by atoms with Crippen LogP contribution in [0.5, 0.6) is 0 Å². The fourth-order valence-electron chi connectivity index (χ4n) is 1.92. The minimum atomic E-state index is -0.830. The van der Waals surface area contributed by atoms with Crippen LogP contribution in [-0.4, -0.2) is 53.8 Å². The van der Waals surface area contributed by atoms with E-state index in [9.17, 15) is 4.79 Å². The first kappa shape index (κ1) is 11.8. The lowest BCUT2D eigenvalue weighted by atomic mass is 10.2. The van der Waals surface area contributed by atoms with Crippen LogP contribution in [0.4, 0.5) is 4.79 Å². The molecule has 5 nitrogen and oxygen atoms in total. The number of carbonyl (C=O) groups is 1. The maximum absolute atomic E-state index is 10.8. The Morgan fingerprint density at radius 1 is 1.73 bits per heavy atom. The molecule has 0 bridgehead atoms. The Morgan fingerprint density at radius 2 is 2.40 bits per heavy atom. The first-order valence-corrected chi connectivity index (χ1v) is 5.11. The van der Waals surface area contributed by atoms with E-state index in [1.165, 1.54) is 4.90 Å². The number of nitrogens with one attached hydrogen (secondary N) is 1. The van der Waals surface area contributed by atoms with Crippen LogP contribution in [0.15, 0.2) is 12.3 Å². The molecule has 2 N–H and O–H groups in total.